The standard InChI is InChI=1S/C15H20IN3O2/c1-7(2)19-9(5-11(16)17-19)13-8-4-10-15(14(8)13)21-6-12(20)18(10)3/h5,7-8,10,13-15H,4,6H2,1-3H3/t8-,10?,13+,14-,15?/m1/s1. The highest BCUT2D eigenvalue weighted by Crippen LogP contribution is 2.65. The maximum atomic E-state index is 11.7. The van der Waals surface area contributed by atoms with Crippen molar-refractivity contribution < 1.29 is 9.53 Å². The lowest BCUT2D eigenvalue weighted by Crippen LogP contribution is -2.51. The molecule has 1 aromatic rings. The molecule has 5 nitrogen and oxygen atoms in total. The highest BCUT2D eigenvalue weighted by Gasteiger charge is 2.65. The summed E-state index contributed by atoms with van der Waals surface area (Å²) in [5, 5.41) is 4.63. The number of likely N-dealkylation sites (N-methyl/N-ethyl adjacent to an activating group) is 1. The van der Waals surface area contributed by atoms with Crippen molar-refractivity contribution in [1.29, 1.82) is 0 Å². The van der Waals surface area contributed by atoms with Crippen molar-refractivity contribution in [3.63, 3.8) is 0 Å². The van der Waals surface area contributed by atoms with E-state index in [1.165, 1.54) is 5.69 Å². The Bertz CT molecular complexity index is 600. The average molecular weight is 401 g/mol. The summed E-state index contributed by atoms with van der Waals surface area (Å²) in [5.74, 6) is 1.90. The summed E-state index contributed by atoms with van der Waals surface area (Å²) < 4.78 is 9.10. The number of nitrogens with zero attached hydrogens (tertiary/aromatic N) is 3. The topological polar surface area (TPSA) is 47.4 Å². The van der Waals surface area contributed by atoms with Gasteiger partial charge in [-0.3, -0.25) is 9.48 Å². The Morgan fingerprint density at radius 3 is 2.95 bits per heavy atom. The van der Waals surface area contributed by atoms with E-state index >= 15 is 0 Å². The predicted octanol–water partition coefficient (Wildman–Crippen LogP) is 2.03. The van der Waals surface area contributed by atoms with Crippen LogP contribution in [-0.2, 0) is 9.53 Å². The van der Waals surface area contributed by atoms with Gasteiger partial charge in [-0.25, -0.2) is 0 Å². The minimum Gasteiger partial charge on any atom is -0.366 e. The number of amides is 1. The third kappa shape index (κ3) is 1.98. The van der Waals surface area contributed by atoms with E-state index in [2.05, 4.69) is 52.3 Å². The van der Waals surface area contributed by atoms with E-state index in [0.29, 0.717) is 23.8 Å². The van der Waals surface area contributed by atoms with E-state index in [9.17, 15) is 4.79 Å². The Balaban J connectivity index is 1.59. The first kappa shape index (κ1) is 14.0. The highest BCUT2D eigenvalue weighted by molar-refractivity contribution is 14.1. The van der Waals surface area contributed by atoms with Crippen LogP contribution in [0.5, 0.6) is 0 Å². The van der Waals surface area contributed by atoms with Gasteiger partial charge in [0, 0.05) is 24.7 Å². The molecular formula is C15H20IN3O2. The minimum absolute atomic E-state index is 0.121. The summed E-state index contributed by atoms with van der Waals surface area (Å²) in [6, 6.07) is 2.89. The monoisotopic (exact) mass is 401 g/mol. The highest BCUT2D eigenvalue weighted by atomic mass is 127. The number of halogens is 1. The maximum Gasteiger partial charge on any atom is 0.248 e. The number of aromatic nitrogens is 2. The van der Waals surface area contributed by atoms with Crippen LogP contribution in [0, 0.1) is 15.5 Å². The van der Waals surface area contributed by atoms with Crippen molar-refractivity contribution in [1.82, 2.24) is 14.7 Å². The summed E-state index contributed by atoms with van der Waals surface area (Å²) in [4.78, 5) is 13.6. The molecule has 0 radical (unpaired) electrons. The van der Waals surface area contributed by atoms with Gasteiger partial charge in [0.2, 0.25) is 5.91 Å². The molecule has 1 amide bonds. The van der Waals surface area contributed by atoms with E-state index in [1.54, 1.807) is 0 Å². The van der Waals surface area contributed by atoms with Crippen LogP contribution in [0.4, 0.5) is 0 Å². The zero-order chi connectivity index (χ0) is 14.9. The molecule has 2 aliphatic carbocycles. The molecule has 114 valence electrons. The number of carbonyl (C=O) groups excluding carboxylic acids is 1. The Labute approximate surface area is 138 Å². The van der Waals surface area contributed by atoms with Gasteiger partial charge in [0.05, 0.1) is 12.1 Å². The van der Waals surface area contributed by atoms with Gasteiger partial charge in [-0.05, 0) is 60.8 Å². The maximum absolute atomic E-state index is 11.7. The zero-order valence-electron chi connectivity index (χ0n) is 12.5. The van der Waals surface area contributed by atoms with Crippen LogP contribution in [0.3, 0.4) is 0 Å². The van der Waals surface area contributed by atoms with Gasteiger partial charge >= 0.3 is 0 Å². The van der Waals surface area contributed by atoms with Gasteiger partial charge < -0.3 is 9.64 Å². The number of hydrogen-bond acceptors (Lipinski definition) is 3. The molecule has 0 aromatic carbocycles. The second kappa shape index (κ2) is 4.68. The van der Waals surface area contributed by atoms with Crippen molar-refractivity contribution >= 4 is 28.5 Å². The molecule has 2 heterocycles. The Hall–Kier alpha value is -0.630. The quantitative estimate of drug-likeness (QED) is 0.713. The minimum atomic E-state index is 0.121. The molecule has 0 bridgehead atoms. The summed E-state index contributed by atoms with van der Waals surface area (Å²) in [6.07, 6.45) is 1.29. The van der Waals surface area contributed by atoms with Gasteiger partial charge in [-0.15, -0.1) is 0 Å². The molecule has 6 heteroatoms. The lowest BCUT2D eigenvalue weighted by atomic mass is 10.00. The van der Waals surface area contributed by atoms with Gasteiger partial charge in [-0.2, -0.15) is 5.10 Å². The summed E-state index contributed by atoms with van der Waals surface area (Å²) in [6.45, 7) is 4.60. The third-order valence-corrected chi connectivity index (χ3v) is 5.88. The molecule has 1 aromatic heterocycles. The molecule has 1 saturated heterocycles. The van der Waals surface area contributed by atoms with Gasteiger partial charge in [-0.1, -0.05) is 0 Å². The predicted molar refractivity (Wildman–Crippen MR) is 86.0 cm³/mol. The molecule has 4 rings (SSSR count). The molecule has 2 saturated carbocycles. The van der Waals surface area contributed by atoms with Crippen LogP contribution < -0.4 is 0 Å². The first-order valence-corrected chi connectivity index (χ1v) is 8.69. The molecule has 1 aliphatic heterocycles. The van der Waals surface area contributed by atoms with Crippen molar-refractivity contribution in [2.24, 2.45) is 11.8 Å². The molecule has 3 fully saturated rings. The molecule has 0 N–H and O–H groups in total. The number of fused-ring (bicyclic) bond motifs is 3. The third-order valence-electron chi connectivity index (χ3n) is 5.36. The van der Waals surface area contributed by atoms with E-state index in [0.717, 1.165) is 10.1 Å². The average Bonchev–Trinajstić information content (AvgIpc) is 2.80. The van der Waals surface area contributed by atoms with Crippen LogP contribution in [0.25, 0.3) is 0 Å². The Morgan fingerprint density at radius 2 is 2.24 bits per heavy atom. The fourth-order valence-electron chi connectivity index (χ4n) is 4.33. The second-order valence-electron chi connectivity index (χ2n) is 6.78. The van der Waals surface area contributed by atoms with Crippen molar-refractivity contribution in [3.05, 3.63) is 15.5 Å². The lowest BCUT2D eigenvalue weighted by molar-refractivity contribution is -0.153. The van der Waals surface area contributed by atoms with Crippen molar-refractivity contribution in [2.45, 2.75) is 44.4 Å². The smallest absolute Gasteiger partial charge is 0.248 e. The SMILES string of the molecule is CC(C)n1nc(I)cc1[C@@H]1[C@H]2CC3C(OCC(=O)N3C)[C@H]21. The van der Waals surface area contributed by atoms with Gasteiger partial charge in [0.1, 0.15) is 10.3 Å². The molecular weight excluding hydrogens is 381 g/mol. The van der Waals surface area contributed by atoms with Gasteiger partial charge in [0.25, 0.3) is 0 Å². The number of rotatable bonds is 2. The molecule has 5 atom stereocenters. The van der Waals surface area contributed by atoms with E-state index in [-0.39, 0.29) is 24.7 Å². The number of morpholine rings is 1. The number of carbonyl (C=O) groups is 1. The first-order chi connectivity index (χ1) is 9.99. The van der Waals surface area contributed by atoms with E-state index in [4.69, 9.17) is 4.74 Å². The second-order valence-corrected chi connectivity index (χ2v) is 7.89. The van der Waals surface area contributed by atoms with Crippen LogP contribution >= 0.6 is 22.6 Å². The first-order valence-electron chi connectivity index (χ1n) is 7.61. The van der Waals surface area contributed by atoms with E-state index < -0.39 is 0 Å². The van der Waals surface area contributed by atoms with Crippen LogP contribution in [0.2, 0.25) is 0 Å². The molecule has 0 spiro atoms. The summed E-state index contributed by atoms with van der Waals surface area (Å²) in [7, 11) is 1.92. The van der Waals surface area contributed by atoms with Gasteiger partial charge in [0.15, 0.2) is 0 Å². The molecule has 21 heavy (non-hydrogen) atoms. The summed E-state index contributed by atoms with van der Waals surface area (Å²) in [5.41, 5.74) is 1.35. The van der Waals surface area contributed by atoms with Crippen LogP contribution in [0.15, 0.2) is 6.07 Å². The largest absolute Gasteiger partial charge is 0.366 e. The normalized spacial score (nSPS) is 37.9. The van der Waals surface area contributed by atoms with Crippen molar-refractivity contribution in [2.75, 3.05) is 13.7 Å². The van der Waals surface area contributed by atoms with Crippen molar-refractivity contribution in [3.8, 4) is 0 Å². The zero-order valence-corrected chi connectivity index (χ0v) is 14.6. The van der Waals surface area contributed by atoms with Crippen LogP contribution in [-0.4, -0.2) is 46.4 Å². The number of hydrogen-bond donors (Lipinski definition) is 0. The lowest BCUT2D eigenvalue weighted by Gasteiger charge is -2.37. The number of ether oxygens (including phenoxy) is 1. The summed E-state index contributed by atoms with van der Waals surface area (Å²) >= 11 is 2.29. The molecule has 2 unspecified atom stereocenters. The Kier molecular flexibility index (Phi) is 3.12. The fraction of sp³-hybridized carbons (Fsp3) is 0.733. The fourth-order valence-corrected chi connectivity index (χ4v) is 4.88. The molecule has 3 aliphatic rings. The van der Waals surface area contributed by atoms with E-state index in [1.807, 2.05) is 11.9 Å². The Morgan fingerprint density at radius 1 is 1.48 bits per heavy atom. The van der Waals surface area contributed by atoms with Crippen LogP contribution in [0.1, 0.15) is 37.9 Å².